The topological polar surface area (TPSA) is 29.3 Å². The summed E-state index contributed by atoms with van der Waals surface area (Å²) in [5, 5.41) is 0.796. The van der Waals surface area contributed by atoms with Gasteiger partial charge in [-0.2, -0.15) is 0 Å². The summed E-state index contributed by atoms with van der Waals surface area (Å²) in [6.07, 6.45) is 1.19. The number of hydrogen-bond acceptors (Lipinski definition) is 2. The minimum Gasteiger partial charge on any atom is -0.326 e. The molecule has 1 aromatic carbocycles. The molecular formula is C14H21ClN2. The Bertz CT molecular complexity index is 363. The molecule has 0 saturated carbocycles. The minimum atomic E-state index is 0.304. The average Bonchev–Trinajstić information content (AvgIpc) is 2.33. The van der Waals surface area contributed by atoms with Crippen molar-refractivity contribution in [2.75, 3.05) is 13.1 Å². The second-order valence-corrected chi connectivity index (χ2v) is 5.59. The molecule has 0 amide bonds. The van der Waals surface area contributed by atoms with Gasteiger partial charge in [-0.25, -0.2) is 0 Å². The molecule has 0 aliphatic carbocycles. The van der Waals surface area contributed by atoms with Crippen molar-refractivity contribution in [3.8, 4) is 0 Å². The second-order valence-electron chi connectivity index (χ2n) is 5.15. The summed E-state index contributed by atoms with van der Waals surface area (Å²) in [4.78, 5) is 2.47. The van der Waals surface area contributed by atoms with Crippen LogP contribution in [0.3, 0.4) is 0 Å². The zero-order chi connectivity index (χ0) is 12.4. The highest BCUT2D eigenvalue weighted by Gasteiger charge is 2.26. The van der Waals surface area contributed by atoms with E-state index in [4.69, 9.17) is 17.3 Å². The standard InChI is InChI=1S/C14H21ClN2/c1-10-7-8-17(9-14(10)16)11(2)12-3-5-13(15)6-4-12/h3-6,10-11,14H,7-9,16H2,1-2H3. The van der Waals surface area contributed by atoms with Crippen LogP contribution >= 0.6 is 11.6 Å². The first-order valence-electron chi connectivity index (χ1n) is 6.33. The Morgan fingerprint density at radius 3 is 2.59 bits per heavy atom. The van der Waals surface area contributed by atoms with Crippen LogP contribution in [-0.4, -0.2) is 24.0 Å². The number of nitrogens with two attached hydrogens (primary N) is 1. The molecule has 1 heterocycles. The van der Waals surface area contributed by atoms with Crippen molar-refractivity contribution in [3.63, 3.8) is 0 Å². The first-order valence-corrected chi connectivity index (χ1v) is 6.71. The smallest absolute Gasteiger partial charge is 0.0406 e. The highest BCUT2D eigenvalue weighted by molar-refractivity contribution is 6.30. The van der Waals surface area contributed by atoms with Crippen molar-refractivity contribution in [2.45, 2.75) is 32.4 Å². The zero-order valence-electron chi connectivity index (χ0n) is 10.6. The van der Waals surface area contributed by atoms with Gasteiger partial charge in [-0.3, -0.25) is 4.90 Å². The van der Waals surface area contributed by atoms with Gasteiger partial charge in [0.15, 0.2) is 0 Å². The Morgan fingerprint density at radius 2 is 2.00 bits per heavy atom. The van der Waals surface area contributed by atoms with Crippen molar-refractivity contribution in [1.82, 2.24) is 4.90 Å². The molecule has 2 nitrogen and oxygen atoms in total. The summed E-state index contributed by atoms with van der Waals surface area (Å²) in [6, 6.07) is 8.86. The van der Waals surface area contributed by atoms with Crippen LogP contribution in [0, 0.1) is 5.92 Å². The first kappa shape index (κ1) is 12.9. The van der Waals surface area contributed by atoms with E-state index in [-0.39, 0.29) is 0 Å². The third-order valence-electron chi connectivity index (χ3n) is 3.95. The monoisotopic (exact) mass is 252 g/mol. The molecule has 3 atom stereocenters. The van der Waals surface area contributed by atoms with Gasteiger partial charge in [0.1, 0.15) is 0 Å². The number of nitrogens with zero attached hydrogens (tertiary/aromatic N) is 1. The van der Waals surface area contributed by atoms with Gasteiger partial charge in [-0.15, -0.1) is 0 Å². The zero-order valence-corrected chi connectivity index (χ0v) is 11.3. The molecule has 0 aromatic heterocycles. The Hall–Kier alpha value is -0.570. The van der Waals surface area contributed by atoms with Crippen molar-refractivity contribution >= 4 is 11.6 Å². The third-order valence-corrected chi connectivity index (χ3v) is 4.20. The lowest BCUT2D eigenvalue weighted by atomic mass is 9.92. The Kier molecular flexibility index (Phi) is 4.08. The van der Waals surface area contributed by atoms with Crippen LogP contribution < -0.4 is 5.73 Å². The normalized spacial score (nSPS) is 28.0. The van der Waals surface area contributed by atoms with Crippen LogP contribution in [0.5, 0.6) is 0 Å². The maximum absolute atomic E-state index is 6.15. The summed E-state index contributed by atoms with van der Waals surface area (Å²) in [5.74, 6) is 0.642. The molecule has 0 spiro atoms. The van der Waals surface area contributed by atoms with Crippen LogP contribution in [0.2, 0.25) is 5.02 Å². The Balaban J connectivity index is 2.05. The van der Waals surface area contributed by atoms with Gasteiger partial charge in [0.05, 0.1) is 0 Å². The number of rotatable bonds is 2. The summed E-state index contributed by atoms with van der Waals surface area (Å²) in [7, 11) is 0. The van der Waals surface area contributed by atoms with Crippen LogP contribution in [0.1, 0.15) is 31.9 Å². The van der Waals surface area contributed by atoms with Crippen LogP contribution in [-0.2, 0) is 0 Å². The maximum atomic E-state index is 6.15. The van der Waals surface area contributed by atoms with E-state index < -0.39 is 0 Å². The molecule has 0 bridgehead atoms. The molecule has 2 N–H and O–H groups in total. The molecule has 1 aliphatic rings. The Labute approximate surface area is 109 Å². The molecule has 2 rings (SSSR count). The molecule has 1 aromatic rings. The lowest BCUT2D eigenvalue weighted by Gasteiger charge is -2.38. The number of piperidine rings is 1. The van der Waals surface area contributed by atoms with Crippen LogP contribution in [0.25, 0.3) is 0 Å². The van der Waals surface area contributed by atoms with E-state index >= 15 is 0 Å². The summed E-state index contributed by atoms with van der Waals surface area (Å²) >= 11 is 5.91. The van der Waals surface area contributed by atoms with Gasteiger partial charge < -0.3 is 5.73 Å². The third kappa shape index (κ3) is 3.01. The minimum absolute atomic E-state index is 0.304. The van der Waals surface area contributed by atoms with Crippen molar-refractivity contribution in [1.29, 1.82) is 0 Å². The first-order chi connectivity index (χ1) is 8.08. The SMILES string of the molecule is CC1CCN(C(C)c2ccc(Cl)cc2)CC1N. The average molecular weight is 253 g/mol. The second kappa shape index (κ2) is 5.38. The van der Waals surface area contributed by atoms with E-state index in [0.717, 1.165) is 18.1 Å². The van der Waals surface area contributed by atoms with E-state index in [0.29, 0.717) is 18.0 Å². The molecular weight excluding hydrogens is 232 g/mol. The summed E-state index contributed by atoms with van der Waals surface area (Å²) < 4.78 is 0. The van der Waals surface area contributed by atoms with Crippen LogP contribution in [0.4, 0.5) is 0 Å². The molecule has 1 saturated heterocycles. The van der Waals surface area contributed by atoms with E-state index in [2.05, 4.69) is 30.9 Å². The molecule has 3 unspecified atom stereocenters. The quantitative estimate of drug-likeness (QED) is 0.877. The van der Waals surface area contributed by atoms with E-state index in [1.54, 1.807) is 0 Å². The van der Waals surface area contributed by atoms with Gasteiger partial charge in [-0.05, 0) is 43.5 Å². The number of benzene rings is 1. The van der Waals surface area contributed by atoms with Gasteiger partial charge in [0.25, 0.3) is 0 Å². The fraction of sp³-hybridized carbons (Fsp3) is 0.571. The highest BCUT2D eigenvalue weighted by atomic mass is 35.5. The molecule has 1 fully saturated rings. The predicted molar refractivity (Wildman–Crippen MR) is 73.2 cm³/mol. The largest absolute Gasteiger partial charge is 0.326 e. The molecule has 0 radical (unpaired) electrons. The number of hydrogen-bond donors (Lipinski definition) is 1. The van der Waals surface area contributed by atoms with Crippen molar-refractivity contribution < 1.29 is 0 Å². The van der Waals surface area contributed by atoms with E-state index in [1.165, 1.54) is 12.0 Å². The molecule has 1 aliphatic heterocycles. The predicted octanol–water partition coefficient (Wildman–Crippen LogP) is 3.07. The van der Waals surface area contributed by atoms with Gasteiger partial charge in [-0.1, -0.05) is 30.7 Å². The van der Waals surface area contributed by atoms with Crippen molar-refractivity contribution in [3.05, 3.63) is 34.9 Å². The van der Waals surface area contributed by atoms with Gasteiger partial charge in [0, 0.05) is 23.7 Å². The fourth-order valence-corrected chi connectivity index (χ4v) is 2.56. The number of halogens is 1. The molecule has 3 heteroatoms. The van der Waals surface area contributed by atoms with Crippen molar-refractivity contribution in [2.24, 2.45) is 11.7 Å². The maximum Gasteiger partial charge on any atom is 0.0406 e. The molecule has 94 valence electrons. The molecule has 17 heavy (non-hydrogen) atoms. The van der Waals surface area contributed by atoms with E-state index in [1.807, 2.05) is 12.1 Å². The van der Waals surface area contributed by atoms with E-state index in [9.17, 15) is 0 Å². The van der Waals surface area contributed by atoms with Gasteiger partial charge >= 0.3 is 0 Å². The summed E-state index contributed by atoms with van der Waals surface area (Å²) in [5.41, 5.74) is 7.46. The summed E-state index contributed by atoms with van der Waals surface area (Å²) in [6.45, 7) is 6.62. The van der Waals surface area contributed by atoms with Crippen LogP contribution in [0.15, 0.2) is 24.3 Å². The lowest BCUT2D eigenvalue weighted by Crippen LogP contribution is -2.48. The lowest BCUT2D eigenvalue weighted by molar-refractivity contribution is 0.128. The Morgan fingerprint density at radius 1 is 1.35 bits per heavy atom. The van der Waals surface area contributed by atoms with Gasteiger partial charge in [0.2, 0.25) is 0 Å². The highest BCUT2D eigenvalue weighted by Crippen LogP contribution is 2.26. The fourth-order valence-electron chi connectivity index (χ4n) is 2.43. The number of likely N-dealkylation sites (tertiary alicyclic amines) is 1.